The summed E-state index contributed by atoms with van der Waals surface area (Å²) in [5.41, 5.74) is 4.07. The van der Waals surface area contributed by atoms with E-state index in [1.165, 1.54) is 17.5 Å². The Morgan fingerprint density at radius 2 is 1.97 bits per heavy atom. The minimum atomic E-state index is -3.62. The fourth-order valence-electron chi connectivity index (χ4n) is 4.46. The summed E-state index contributed by atoms with van der Waals surface area (Å²) in [6, 6.07) is 6.66. The van der Waals surface area contributed by atoms with Gasteiger partial charge in [0.25, 0.3) is 0 Å². The first kappa shape index (κ1) is 22.1. The van der Waals surface area contributed by atoms with Crippen LogP contribution >= 0.6 is 0 Å². The summed E-state index contributed by atoms with van der Waals surface area (Å²) in [6.07, 6.45) is 6.46. The number of benzene rings is 1. The molecule has 1 saturated heterocycles. The van der Waals surface area contributed by atoms with Crippen LogP contribution in [0.2, 0.25) is 0 Å². The Bertz CT molecular complexity index is 1030. The number of nitrogens with one attached hydrogen (secondary N) is 1. The Morgan fingerprint density at radius 3 is 2.71 bits per heavy atom. The molecule has 0 amide bonds. The van der Waals surface area contributed by atoms with Crippen molar-refractivity contribution in [3.63, 3.8) is 0 Å². The molecule has 2 aliphatic rings. The van der Waals surface area contributed by atoms with E-state index in [4.69, 9.17) is 4.74 Å². The maximum absolute atomic E-state index is 13.3. The zero-order chi connectivity index (χ0) is 21.8. The molecule has 4 rings (SSSR count). The van der Waals surface area contributed by atoms with Crippen LogP contribution in [0.4, 0.5) is 4.39 Å². The molecule has 2 aromatic rings. The molecule has 1 unspecified atom stereocenters. The lowest BCUT2D eigenvalue weighted by Gasteiger charge is -2.25. The predicted octanol–water partition coefficient (Wildman–Crippen LogP) is 2.75. The normalized spacial score (nSPS) is 20.6. The number of nitrogens with zero attached hydrogens (tertiary/aromatic N) is 3. The number of hydrazine groups is 1. The molecule has 1 aliphatic carbocycles. The van der Waals surface area contributed by atoms with Crippen LogP contribution in [-0.4, -0.2) is 49.5 Å². The Labute approximate surface area is 182 Å². The lowest BCUT2D eigenvalue weighted by molar-refractivity contribution is 0.0274. The van der Waals surface area contributed by atoms with E-state index < -0.39 is 10.0 Å². The summed E-state index contributed by atoms with van der Waals surface area (Å²) in [5, 5.41) is 7.49. The minimum absolute atomic E-state index is 0.231. The molecule has 1 atom stereocenters. The molecule has 168 valence electrons. The minimum Gasteiger partial charge on any atom is -0.379 e. The van der Waals surface area contributed by atoms with Gasteiger partial charge < -0.3 is 4.74 Å². The van der Waals surface area contributed by atoms with Crippen LogP contribution in [0.3, 0.4) is 0 Å². The third kappa shape index (κ3) is 5.60. The first-order chi connectivity index (χ1) is 14.9. The molecule has 1 aromatic carbocycles. The number of aromatic nitrogens is 2. The summed E-state index contributed by atoms with van der Waals surface area (Å²) in [5.74, 6) is 0.0378. The van der Waals surface area contributed by atoms with Crippen molar-refractivity contribution in [1.29, 1.82) is 0 Å². The number of fused-ring (bicyclic) bond motifs is 1. The van der Waals surface area contributed by atoms with Gasteiger partial charge in [-0.3, -0.25) is 4.68 Å². The second-order valence-corrected chi connectivity index (χ2v) is 9.73. The van der Waals surface area contributed by atoms with Crippen LogP contribution in [0.15, 0.2) is 29.7 Å². The average Bonchev–Trinajstić information content (AvgIpc) is 2.91. The SMILES string of the molecule is Cn1nc(/C=C/S(=O)(=O)NN2CCOCC2)c2c1C(Cc1ccc(F)cc1)CCCC2. The Balaban J connectivity index is 1.55. The molecular weight excluding hydrogens is 419 g/mol. The highest BCUT2D eigenvalue weighted by Gasteiger charge is 2.26. The van der Waals surface area contributed by atoms with Crippen molar-refractivity contribution in [2.75, 3.05) is 26.3 Å². The maximum Gasteiger partial charge on any atom is 0.246 e. The molecule has 1 aliphatic heterocycles. The van der Waals surface area contributed by atoms with Crippen LogP contribution in [0.25, 0.3) is 6.08 Å². The Morgan fingerprint density at radius 1 is 1.23 bits per heavy atom. The van der Waals surface area contributed by atoms with Crippen molar-refractivity contribution in [2.45, 2.75) is 38.0 Å². The lowest BCUT2D eigenvalue weighted by Crippen LogP contribution is -2.47. The van der Waals surface area contributed by atoms with E-state index >= 15 is 0 Å². The number of sulfonamides is 1. The van der Waals surface area contributed by atoms with Crippen LogP contribution in [0.5, 0.6) is 0 Å². The van der Waals surface area contributed by atoms with Crippen molar-refractivity contribution in [1.82, 2.24) is 19.6 Å². The van der Waals surface area contributed by atoms with Gasteiger partial charge in [0.05, 0.1) is 18.9 Å². The molecule has 0 bridgehead atoms. The van der Waals surface area contributed by atoms with Crippen LogP contribution in [0.1, 0.15) is 47.7 Å². The van der Waals surface area contributed by atoms with E-state index in [9.17, 15) is 12.8 Å². The fraction of sp³-hybridized carbons (Fsp3) is 0.500. The molecule has 9 heteroatoms. The van der Waals surface area contributed by atoms with Crippen LogP contribution < -0.4 is 4.83 Å². The summed E-state index contributed by atoms with van der Waals surface area (Å²) >= 11 is 0. The van der Waals surface area contributed by atoms with E-state index in [0.29, 0.717) is 32.0 Å². The van der Waals surface area contributed by atoms with E-state index in [-0.39, 0.29) is 11.7 Å². The van der Waals surface area contributed by atoms with Crippen molar-refractivity contribution in [3.8, 4) is 0 Å². The Hall–Kier alpha value is -2.07. The smallest absolute Gasteiger partial charge is 0.246 e. The molecule has 7 nitrogen and oxygen atoms in total. The third-order valence-electron chi connectivity index (χ3n) is 5.91. The van der Waals surface area contributed by atoms with Gasteiger partial charge in [0, 0.05) is 42.7 Å². The fourth-order valence-corrected chi connectivity index (χ4v) is 5.37. The van der Waals surface area contributed by atoms with Gasteiger partial charge in [-0.1, -0.05) is 18.6 Å². The third-order valence-corrected chi connectivity index (χ3v) is 6.92. The molecule has 1 fully saturated rings. The van der Waals surface area contributed by atoms with Gasteiger partial charge in [0.15, 0.2) is 0 Å². The van der Waals surface area contributed by atoms with Gasteiger partial charge in [0.1, 0.15) is 5.82 Å². The first-order valence-corrected chi connectivity index (χ1v) is 12.3. The van der Waals surface area contributed by atoms with Gasteiger partial charge >= 0.3 is 0 Å². The molecule has 31 heavy (non-hydrogen) atoms. The summed E-state index contributed by atoms with van der Waals surface area (Å²) < 4.78 is 45.4. The van der Waals surface area contributed by atoms with E-state index in [1.54, 1.807) is 11.1 Å². The number of hydrogen-bond acceptors (Lipinski definition) is 5. The Kier molecular flexibility index (Phi) is 6.86. The predicted molar refractivity (Wildman–Crippen MR) is 117 cm³/mol. The molecule has 1 aromatic heterocycles. The van der Waals surface area contributed by atoms with E-state index in [1.807, 2.05) is 23.9 Å². The lowest BCUT2D eigenvalue weighted by atomic mass is 9.91. The number of hydrogen-bond donors (Lipinski definition) is 1. The second kappa shape index (κ2) is 9.60. The van der Waals surface area contributed by atoms with Crippen LogP contribution in [0, 0.1) is 5.82 Å². The largest absolute Gasteiger partial charge is 0.379 e. The maximum atomic E-state index is 13.3. The highest BCUT2D eigenvalue weighted by atomic mass is 32.2. The van der Waals surface area contributed by atoms with Crippen molar-refractivity contribution in [3.05, 3.63) is 58.0 Å². The molecule has 1 N–H and O–H groups in total. The van der Waals surface area contributed by atoms with Crippen molar-refractivity contribution in [2.24, 2.45) is 7.05 Å². The summed E-state index contributed by atoms with van der Waals surface area (Å²) in [6.45, 7) is 2.07. The zero-order valence-corrected chi connectivity index (χ0v) is 18.6. The quantitative estimate of drug-likeness (QED) is 0.688. The standard InChI is InChI=1S/C22H29FN4O3S/c1-26-22-18(16-17-6-8-19(23)9-7-17)4-2-3-5-20(22)21(24-26)10-15-31(28,29)25-27-11-13-30-14-12-27/h6-10,15,18,25H,2-5,11-14,16H2,1H3/b15-10+. The zero-order valence-electron chi connectivity index (χ0n) is 17.8. The number of ether oxygens (including phenoxy) is 1. The second-order valence-electron chi connectivity index (χ2n) is 8.18. The van der Waals surface area contributed by atoms with Crippen molar-refractivity contribution >= 4 is 16.1 Å². The molecule has 0 radical (unpaired) electrons. The first-order valence-electron chi connectivity index (χ1n) is 10.7. The monoisotopic (exact) mass is 448 g/mol. The topological polar surface area (TPSA) is 76.5 Å². The number of rotatable bonds is 6. The number of halogens is 1. The van der Waals surface area contributed by atoms with Gasteiger partial charge in [-0.25, -0.2) is 17.8 Å². The summed E-state index contributed by atoms with van der Waals surface area (Å²) in [4.78, 5) is 2.58. The molecule has 0 saturated carbocycles. The van der Waals surface area contributed by atoms with Gasteiger partial charge in [0.2, 0.25) is 10.0 Å². The van der Waals surface area contributed by atoms with Crippen molar-refractivity contribution < 1.29 is 17.5 Å². The molecule has 0 spiro atoms. The van der Waals surface area contributed by atoms with Gasteiger partial charge in [-0.15, -0.1) is 4.83 Å². The average molecular weight is 449 g/mol. The highest BCUT2D eigenvalue weighted by molar-refractivity contribution is 7.92. The number of morpholine rings is 1. The van der Waals surface area contributed by atoms with E-state index in [0.717, 1.165) is 48.9 Å². The van der Waals surface area contributed by atoms with E-state index in [2.05, 4.69) is 9.93 Å². The van der Waals surface area contributed by atoms with Gasteiger partial charge in [-0.05, 0) is 49.5 Å². The highest BCUT2D eigenvalue weighted by Crippen LogP contribution is 2.35. The summed E-state index contributed by atoms with van der Waals surface area (Å²) in [7, 11) is -1.70. The number of aryl methyl sites for hydroxylation is 1. The van der Waals surface area contributed by atoms with Crippen LogP contribution in [-0.2, 0) is 34.6 Å². The van der Waals surface area contributed by atoms with Gasteiger partial charge in [-0.2, -0.15) is 5.10 Å². The molecule has 2 heterocycles. The molecular formula is C22H29FN4O3S.